The van der Waals surface area contributed by atoms with E-state index in [-0.39, 0.29) is 30.0 Å². The lowest BCUT2D eigenvalue weighted by molar-refractivity contribution is 0.0744. The number of aryl methyl sites for hydroxylation is 1. The van der Waals surface area contributed by atoms with Crippen LogP contribution in [0.25, 0.3) is 5.69 Å². The molecule has 186 valence electrons. The summed E-state index contributed by atoms with van der Waals surface area (Å²) in [5.74, 6) is 0.00355. The minimum Gasteiger partial charge on any atom is -0.368 e. The molecule has 2 fully saturated rings. The molecule has 2 aliphatic rings. The van der Waals surface area contributed by atoms with Gasteiger partial charge < -0.3 is 15.1 Å². The summed E-state index contributed by atoms with van der Waals surface area (Å²) in [7, 11) is 0. The van der Waals surface area contributed by atoms with Gasteiger partial charge in [-0.1, -0.05) is 12.1 Å². The van der Waals surface area contributed by atoms with Crippen LogP contribution in [0.1, 0.15) is 45.9 Å². The molecule has 35 heavy (non-hydrogen) atoms. The number of carbonyl (C=O) groups is 1. The molecular formula is C27H33ClFN5O. The van der Waals surface area contributed by atoms with Crippen LogP contribution in [0.5, 0.6) is 0 Å². The molecule has 1 aromatic heterocycles. The number of benzene rings is 2. The van der Waals surface area contributed by atoms with Gasteiger partial charge in [0.25, 0.3) is 5.91 Å². The van der Waals surface area contributed by atoms with E-state index in [1.165, 1.54) is 28.9 Å². The molecule has 6 nitrogen and oxygen atoms in total. The molecule has 0 aliphatic carbocycles. The van der Waals surface area contributed by atoms with E-state index in [0.29, 0.717) is 18.7 Å². The number of nitrogens with one attached hydrogen (secondary N) is 1. The maximum Gasteiger partial charge on any atom is 0.257 e. The molecule has 0 bridgehead atoms. The van der Waals surface area contributed by atoms with Crippen molar-refractivity contribution in [3.63, 3.8) is 0 Å². The smallest absolute Gasteiger partial charge is 0.257 e. The van der Waals surface area contributed by atoms with Crippen molar-refractivity contribution in [2.75, 3.05) is 44.2 Å². The number of hydrogen-bond acceptors (Lipinski definition) is 4. The zero-order chi connectivity index (χ0) is 23.7. The Hall–Kier alpha value is -2.90. The number of anilines is 1. The van der Waals surface area contributed by atoms with Crippen LogP contribution in [-0.2, 0) is 0 Å². The Labute approximate surface area is 212 Å². The number of nitrogens with zero attached hydrogens (tertiary/aromatic N) is 4. The number of rotatable bonds is 4. The number of piperidine rings is 1. The summed E-state index contributed by atoms with van der Waals surface area (Å²) < 4.78 is 15.4. The van der Waals surface area contributed by atoms with Crippen LogP contribution >= 0.6 is 12.4 Å². The molecule has 5 rings (SSSR count). The van der Waals surface area contributed by atoms with Crippen LogP contribution < -0.4 is 10.2 Å². The lowest BCUT2D eigenvalue weighted by atomic mass is 9.91. The summed E-state index contributed by atoms with van der Waals surface area (Å²) in [4.78, 5) is 18.0. The molecule has 0 radical (unpaired) electrons. The lowest BCUT2D eigenvalue weighted by Gasteiger charge is -2.37. The highest BCUT2D eigenvalue weighted by Gasteiger charge is 2.31. The Morgan fingerprint density at radius 1 is 1.00 bits per heavy atom. The topological polar surface area (TPSA) is 53.4 Å². The van der Waals surface area contributed by atoms with Crippen LogP contribution in [0.15, 0.2) is 48.7 Å². The zero-order valence-electron chi connectivity index (χ0n) is 20.3. The predicted molar refractivity (Wildman–Crippen MR) is 140 cm³/mol. The van der Waals surface area contributed by atoms with Crippen LogP contribution in [-0.4, -0.2) is 59.9 Å². The van der Waals surface area contributed by atoms with Crippen LogP contribution in [0, 0.1) is 19.7 Å². The van der Waals surface area contributed by atoms with Crippen LogP contribution in [0.3, 0.4) is 0 Å². The van der Waals surface area contributed by atoms with Gasteiger partial charge in [-0.2, -0.15) is 5.10 Å². The third-order valence-electron chi connectivity index (χ3n) is 7.32. The fourth-order valence-corrected chi connectivity index (χ4v) is 5.20. The summed E-state index contributed by atoms with van der Waals surface area (Å²) >= 11 is 0. The number of carbonyl (C=O) groups excluding carboxylic acids is 1. The minimum absolute atomic E-state index is 0. The van der Waals surface area contributed by atoms with E-state index in [0.717, 1.165) is 50.4 Å². The number of piperazine rings is 1. The van der Waals surface area contributed by atoms with E-state index in [2.05, 4.69) is 47.4 Å². The van der Waals surface area contributed by atoms with Gasteiger partial charge in [-0.25, -0.2) is 9.07 Å². The minimum atomic E-state index is -0.280. The monoisotopic (exact) mass is 497 g/mol. The van der Waals surface area contributed by atoms with E-state index in [1.807, 2.05) is 9.58 Å². The molecule has 0 saturated carbocycles. The van der Waals surface area contributed by atoms with Crippen molar-refractivity contribution in [3.05, 3.63) is 76.9 Å². The first-order valence-corrected chi connectivity index (χ1v) is 12.2. The predicted octanol–water partition coefficient (Wildman–Crippen LogP) is 4.48. The maximum absolute atomic E-state index is 13.7. The van der Waals surface area contributed by atoms with Gasteiger partial charge in [0.1, 0.15) is 5.82 Å². The van der Waals surface area contributed by atoms with Gasteiger partial charge in [-0.3, -0.25) is 4.79 Å². The summed E-state index contributed by atoms with van der Waals surface area (Å²) in [5.41, 5.74) is 6.26. The molecule has 2 aliphatic heterocycles. The van der Waals surface area contributed by atoms with E-state index in [1.54, 1.807) is 18.3 Å². The van der Waals surface area contributed by atoms with Gasteiger partial charge in [-0.05, 0) is 81.2 Å². The standard InChI is InChI=1S/C27H32FN5O.ClH/c1-19-4-3-5-25(20(19)2)31-14-16-32(17-15-31)27(34)24-18-30-33(23-8-6-22(28)7-9-23)26(24)21-10-12-29-13-11-21;/h3-9,18,21,29H,10-17H2,1-2H3;1H. The summed E-state index contributed by atoms with van der Waals surface area (Å²) in [6.45, 7) is 9.12. The Kier molecular flexibility index (Phi) is 7.77. The van der Waals surface area contributed by atoms with Gasteiger partial charge in [-0.15, -0.1) is 12.4 Å². The fourth-order valence-electron chi connectivity index (χ4n) is 5.20. The molecule has 2 saturated heterocycles. The van der Waals surface area contributed by atoms with E-state index in [9.17, 15) is 9.18 Å². The highest BCUT2D eigenvalue weighted by molar-refractivity contribution is 5.95. The van der Waals surface area contributed by atoms with Gasteiger partial charge in [0.05, 0.1) is 23.1 Å². The molecule has 0 atom stereocenters. The number of aromatic nitrogens is 2. The van der Waals surface area contributed by atoms with Gasteiger partial charge in [0.2, 0.25) is 0 Å². The fraction of sp³-hybridized carbons (Fsp3) is 0.407. The third-order valence-corrected chi connectivity index (χ3v) is 7.32. The van der Waals surface area contributed by atoms with Gasteiger partial charge in [0.15, 0.2) is 0 Å². The first kappa shape index (κ1) is 25.2. The van der Waals surface area contributed by atoms with E-state index in [4.69, 9.17) is 0 Å². The Balaban J connectivity index is 0.00000289. The number of hydrogen-bond donors (Lipinski definition) is 1. The molecule has 1 amide bonds. The first-order chi connectivity index (χ1) is 16.5. The van der Waals surface area contributed by atoms with Crippen LogP contribution in [0.2, 0.25) is 0 Å². The van der Waals surface area contributed by atoms with Crippen molar-refractivity contribution in [2.45, 2.75) is 32.6 Å². The second-order valence-electron chi connectivity index (χ2n) is 9.35. The second kappa shape index (κ2) is 10.8. The quantitative estimate of drug-likeness (QED) is 0.577. The average molecular weight is 498 g/mol. The first-order valence-electron chi connectivity index (χ1n) is 12.2. The van der Waals surface area contributed by atoms with Crippen molar-refractivity contribution < 1.29 is 9.18 Å². The lowest BCUT2D eigenvalue weighted by Crippen LogP contribution is -2.49. The molecule has 0 unspecified atom stereocenters. The normalized spacial score (nSPS) is 16.8. The SMILES string of the molecule is Cc1cccc(N2CCN(C(=O)c3cnn(-c4ccc(F)cc4)c3C3CCNCC3)CC2)c1C.Cl. The highest BCUT2D eigenvalue weighted by Crippen LogP contribution is 2.31. The van der Waals surface area contributed by atoms with Crippen molar-refractivity contribution in [3.8, 4) is 5.69 Å². The zero-order valence-corrected chi connectivity index (χ0v) is 21.2. The van der Waals surface area contributed by atoms with Gasteiger partial charge >= 0.3 is 0 Å². The summed E-state index contributed by atoms with van der Waals surface area (Å²) in [5, 5.41) is 8.01. The Morgan fingerprint density at radius 2 is 1.69 bits per heavy atom. The summed E-state index contributed by atoms with van der Waals surface area (Å²) in [6, 6.07) is 12.7. The van der Waals surface area contributed by atoms with E-state index < -0.39 is 0 Å². The Morgan fingerprint density at radius 3 is 2.37 bits per heavy atom. The van der Waals surface area contributed by atoms with E-state index >= 15 is 0 Å². The summed E-state index contributed by atoms with van der Waals surface area (Å²) in [6.07, 6.45) is 3.61. The molecule has 1 N–H and O–H groups in total. The maximum atomic E-state index is 13.7. The number of amides is 1. The largest absolute Gasteiger partial charge is 0.368 e. The van der Waals surface area contributed by atoms with Crippen molar-refractivity contribution in [1.82, 2.24) is 20.0 Å². The average Bonchev–Trinajstić information content (AvgIpc) is 3.31. The molecule has 3 heterocycles. The molecule has 2 aromatic carbocycles. The van der Waals surface area contributed by atoms with Gasteiger partial charge in [0, 0.05) is 37.8 Å². The molecule has 8 heteroatoms. The Bertz CT molecular complexity index is 1160. The highest BCUT2D eigenvalue weighted by atomic mass is 35.5. The second-order valence-corrected chi connectivity index (χ2v) is 9.35. The number of halogens is 2. The van der Waals surface area contributed by atoms with Crippen LogP contribution in [0.4, 0.5) is 10.1 Å². The molecular weight excluding hydrogens is 465 g/mol. The van der Waals surface area contributed by atoms with Crippen molar-refractivity contribution in [1.29, 1.82) is 0 Å². The van der Waals surface area contributed by atoms with Crippen molar-refractivity contribution >= 4 is 24.0 Å². The van der Waals surface area contributed by atoms with Crippen molar-refractivity contribution in [2.24, 2.45) is 0 Å². The molecule has 3 aromatic rings. The third kappa shape index (κ3) is 5.07. The molecule has 0 spiro atoms.